The van der Waals surface area contributed by atoms with Crippen LogP contribution in [0.5, 0.6) is 11.5 Å². The molecule has 0 unspecified atom stereocenters. The monoisotopic (exact) mass is 348 g/mol. The lowest BCUT2D eigenvalue weighted by Crippen LogP contribution is -2.09. The highest BCUT2D eigenvalue weighted by Crippen LogP contribution is 2.31. The van der Waals surface area contributed by atoms with Crippen molar-refractivity contribution in [3.8, 4) is 35.2 Å². The van der Waals surface area contributed by atoms with Crippen molar-refractivity contribution in [2.45, 2.75) is 6.92 Å². The van der Waals surface area contributed by atoms with Gasteiger partial charge in [-0.05, 0) is 43.3 Å². The minimum Gasteiger partial charge on any atom is -0.497 e. The quantitative estimate of drug-likeness (QED) is 0.521. The number of carbonyl (C=O) groups is 1. The lowest BCUT2D eigenvalue weighted by atomic mass is 10.0. The van der Waals surface area contributed by atoms with Gasteiger partial charge in [0.2, 0.25) is 0 Å². The minimum atomic E-state index is -0.205. The average Bonchev–Trinajstić information content (AvgIpc) is 2.68. The summed E-state index contributed by atoms with van der Waals surface area (Å²) < 4.78 is 16.5. The van der Waals surface area contributed by atoms with Gasteiger partial charge in [0.15, 0.2) is 17.3 Å². The van der Waals surface area contributed by atoms with Crippen LogP contribution in [0.4, 0.5) is 0 Å². The summed E-state index contributed by atoms with van der Waals surface area (Å²) in [6.45, 7) is 1.70. The van der Waals surface area contributed by atoms with Crippen LogP contribution >= 0.6 is 0 Å². The van der Waals surface area contributed by atoms with Crippen molar-refractivity contribution >= 4 is 17.3 Å². The molecule has 1 aromatic heterocycles. The molecule has 5 nitrogen and oxygen atoms in total. The van der Waals surface area contributed by atoms with Gasteiger partial charge in [0.05, 0.1) is 18.1 Å². The largest absolute Gasteiger partial charge is 0.497 e. The maximum Gasteiger partial charge on any atom is 0.196 e. The van der Waals surface area contributed by atoms with Gasteiger partial charge < -0.3 is 13.9 Å². The Kier molecular flexibility index (Phi) is 4.76. The summed E-state index contributed by atoms with van der Waals surface area (Å²) in [6, 6.07) is 10.2. The van der Waals surface area contributed by atoms with E-state index in [1.807, 2.05) is 0 Å². The lowest BCUT2D eigenvalue weighted by Gasteiger charge is -2.11. The van der Waals surface area contributed by atoms with Crippen LogP contribution in [0.15, 0.2) is 45.6 Å². The molecule has 0 bridgehead atoms. The summed E-state index contributed by atoms with van der Waals surface area (Å²) in [6.07, 6.45) is 5.80. The molecule has 0 radical (unpaired) electrons. The van der Waals surface area contributed by atoms with E-state index in [0.29, 0.717) is 34.3 Å². The van der Waals surface area contributed by atoms with Crippen molar-refractivity contribution in [2.75, 3.05) is 13.7 Å². The maximum absolute atomic E-state index is 12.8. The van der Waals surface area contributed by atoms with Crippen molar-refractivity contribution < 1.29 is 18.7 Å². The molecule has 0 N–H and O–H groups in total. The highest BCUT2D eigenvalue weighted by molar-refractivity contribution is 5.98. The number of methoxy groups -OCH3 is 1. The van der Waals surface area contributed by atoms with E-state index < -0.39 is 0 Å². The summed E-state index contributed by atoms with van der Waals surface area (Å²) in [5.74, 6) is 3.70. The van der Waals surface area contributed by atoms with E-state index in [-0.39, 0.29) is 28.9 Å². The molecule has 3 aromatic rings. The first kappa shape index (κ1) is 17.3. The molecule has 0 aliphatic rings. The second-order valence-electron chi connectivity index (χ2n) is 5.58. The van der Waals surface area contributed by atoms with Crippen LogP contribution in [0.1, 0.15) is 15.9 Å². The summed E-state index contributed by atoms with van der Waals surface area (Å²) in [5.41, 5.74) is 1.29. The second kappa shape index (κ2) is 7.16. The first-order chi connectivity index (χ1) is 12.6. The molecule has 0 amide bonds. The van der Waals surface area contributed by atoms with E-state index in [9.17, 15) is 9.59 Å². The Bertz CT molecular complexity index is 1070. The zero-order valence-corrected chi connectivity index (χ0v) is 14.4. The topological polar surface area (TPSA) is 65.7 Å². The van der Waals surface area contributed by atoms with Crippen molar-refractivity contribution in [1.29, 1.82) is 0 Å². The van der Waals surface area contributed by atoms with Crippen LogP contribution < -0.4 is 14.9 Å². The van der Waals surface area contributed by atoms with Crippen LogP contribution in [0.25, 0.3) is 22.3 Å². The van der Waals surface area contributed by atoms with Crippen molar-refractivity contribution in [1.82, 2.24) is 0 Å². The fraction of sp³-hybridized carbons (Fsp3) is 0.143. The molecule has 26 heavy (non-hydrogen) atoms. The molecule has 1 heterocycles. The standard InChI is InChI=1S/C21H16O5/c1-4-11-25-18-10-9-16-19(23)13(2)20(26-21(16)17(18)12-22)14-5-7-15(24-3)8-6-14/h1,5-10,12H,11H2,2-3H3. The SMILES string of the molecule is C#CCOc1ccc2c(=O)c(C)c(-c3ccc(OC)cc3)oc2c1C=O. The summed E-state index contributed by atoms with van der Waals surface area (Å²) in [4.78, 5) is 24.4. The van der Waals surface area contributed by atoms with E-state index >= 15 is 0 Å². The normalized spacial score (nSPS) is 10.3. The maximum atomic E-state index is 12.8. The fourth-order valence-corrected chi connectivity index (χ4v) is 2.73. The molecule has 0 aliphatic carbocycles. The Labute approximate surface area is 150 Å². The summed E-state index contributed by atoms with van der Waals surface area (Å²) in [7, 11) is 1.57. The van der Waals surface area contributed by atoms with Crippen LogP contribution in [0.3, 0.4) is 0 Å². The van der Waals surface area contributed by atoms with Crippen molar-refractivity contribution in [2.24, 2.45) is 0 Å². The van der Waals surface area contributed by atoms with E-state index in [4.69, 9.17) is 20.3 Å². The van der Waals surface area contributed by atoms with Crippen molar-refractivity contribution in [3.63, 3.8) is 0 Å². The van der Waals surface area contributed by atoms with Gasteiger partial charge in [0.25, 0.3) is 0 Å². The van der Waals surface area contributed by atoms with Gasteiger partial charge in [-0.2, -0.15) is 0 Å². The third-order valence-electron chi connectivity index (χ3n) is 4.07. The molecule has 0 aliphatic heterocycles. The molecule has 0 atom stereocenters. The van der Waals surface area contributed by atoms with Gasteiger partial charge in [0, 0.05) is 11.1 Å². The Morgan fingerprint density at radius 2 is 1.92 bits per heavy atom. The number of fused-ring (bicyclic) bond motifs is 1. The zero-order valence-electron chi connectivity index (χ0n) is 14.4. The molecular formula is C21H16O5. The third-order valence-corrected chi connectivity index (χ3v) is 4.07. The van der Waals surface area contributed by atoms with E-state index in [1.165, 1.54) is 0 Å². The number of carbonyl (C=O) groups excluding carboxylic acids is 1. The first-order valence-electron chi connectivity index (χ1n) is 7.87. The molecule has 0 fully saturated rings. The van der Waals surface area contributed by atoms with Crippen LogP contribution in [-0.2, 0) is 0 Å². The zero-order chi connectivity index (χ0) is 18.7. The molecule has 2 aromatic carbocycles. The Balaban J connectivity index is 2.27. The Hall–Kier alpha value is -3.52. The molecule has 3 rings (SSSR count). The highest BCUT2D eigenvalue weighted by atomic mass is 16.5. The minimum absolute atomic E-state index is 0.00772. The first-order valence-corrected chi connectivity index (χ1v) is 7.87. The number of hydrogen-bond acceptors (Lipinski definition) is 5. The third kappa shape index (κ3) is 2.93. The lowest BCUT2D eigenvalue weighted by molar-refractivity contribution is 0.112. The number of benzene rings is 2. The molecule has 0 spiro atoms. The number of aldehydes is 1. The van der Waals surface area contributed by atoms with Crippen LogP contribution in [-0.4, -0.2) is 20.0 Å². The molecule has 0 saturated heterocycles. The van der Waals surface area contributed by atoms with Gasteiger partial charge in [-0.1, -0.05) is 5.92 Å². The van der Waals surface area contributed by atoms with E-state index in [0.717, 1.165) is 0 Å². The Morgan fingerprint density at radius 1 is 1.19 bits per heavy atom. The summed E-state index contributed by atoms with van der Waals surface area (Å²) >= 11 is 0. The molecular weight excluding hydrogens is 332 g/mol. The molecule has 0 saturated carbocycles. The number of ether oxygens (including phenoxy) is 2. The molecule has 5 heteroatoms. The smallest absolute Gasteiger partial charge is 0.196 e. The average molecular weight is 348 g/mol. The number of rotatable bonds is 5. The Morgan fingerprint density at radius 3 is 2.54 bits per heavy atom. The van der Waals surface area contributed by atoms with Crippen LogP contribution in [0.2, 0.25) is 0 Å². The van der Waals surface area contributed by atoms with Gasteiger partial charge in [-0.15, -0.1) is 6.42 Å². The number of terminal acetylenes is 1. The van der Waals surface area contributed by atoms with Gasteiger partial charge in [-0.25, -0.2) is 0 Å². The summed E-state index contributed by atoms with van der Waals surface area (Å²) in [5, 5.41) is 0.315. The van der Waals surface area contributed by atoms with E-state index in [2.05, 4.69) is 5.92 Å². The van der Waals surface area contributed by atoms with E-state index in [1.54, 1.807) is 50.4 Å². The predicted molar refractivity (Wildman–Crippen MR) is 98.9 cm³/mol. The highest BCUT2D eigenvalue weighted by Gasteiger charge is 2.18. The second-order valence-corrected chi connectivity index (χ2v) is 5.58. The number of hydrogen-bond donors (Lipinski definition) is 0. The van der Waals surface area contributed by atoms with Gasteiger partial charge in [-0.3, -0.25) is 9.59 Å². The van der Waals surface area contributed by atoms with Crippen LogP contribution in [0, 0.1) is 19.3 Å². The van der Waals surface area contributed by atoms with Crippen molar-refractivity contribution in [3.05, 3.63) is 57.7 Å². The van der Waals surface area contributed by atoms with Gasteiger partial charge in [0.1, 0.15) is 23.9 Å². The fourth-order valence-electron chi connectivity index (χ4n) is 2.73. The van der Waals surface area contributed by atoms with Gasteiger partial charge >= 0.3 is 0 Å². The predicted octanol–water partition coefficient (Wildman–Crippen LogP) is 3.60. The molecule has 130 valence electrons.